The van der Waals surface area contributed by atoms with Crippen LogP contribution < -0.4 is 10.6 Å². The summed E-state index contributed by atoms with van der Waals surface area (Å²) in [6, 6.07) is 16.0. The van der Waals surface area contributed by atoms with Crippen LogP contribution in [0.2, 0.25) is 0 Å². The van der Waals surface area contributed by atoms with Gasteiger partial charge in [-0.3, -0.25) is 4.79 Å². The van der Waals surface area contributed by atoms with E-state index in [4.69, 9.17) is 9.84 Å². The highest BCUT2D eigenvalue weighted by atomic mass is 16.5. The zero-order valence-corrected chi connectivity index (χ0v) is 16.9. The Morgan fingerprint density at radius 3 is 2.09 bits per heavy atom. The molecule has 0 aliphatic heterocycles. The molecule has 0 saturated heterocycles. The smallest absolute Gasteiger partial charge is 0.407 e. The minimum atomic E-state index is -1.13. The maximum atomic E-state index is 12.1. The number of carbonyl (C=O) groups is 3. The van der Waals surface area contributed by atoms with E-state index in [1.807, 2.05) is 36.4 Å². The van der Waals surface area contributed by atoms with Crippen molar-refractivity contribution in [2.45, 2.75) is 12.5 Å². The number of carboxylic acids is 1. The van der Waals surface area contributed by atoms with Gasteiger partial charge in [-0.2, -0.15) is 0 Å². The Morgan fingerprint density at radius 1 is 0.906 bits per heavy atom. The van der Waals surface area contributed by atoms with Crippen molar-refractivity contribution in [3.63, 3.8) is 0 Å². The molecular weight excluding hydrogens is 412 g/mol. The van der Waals surface area contributed by atoms with Crippen LogP contribution in [0.4, 0.5) is 4.79 Å². The van der Waals surface area contributed by atoms with Gasteiger partial charge in [0.2, 0.25) is 5.91 Å². The van der Waals surface area contributed by atoms with Gasteiger partial charge in [0.15, 0.2) is 0 Å². The lowest BCUT2D eigenvalue weighted by atomic mass is 9.98. The average Bonchev–Trinajstić information content (AvgIpc) is 3.14. The maximum absolute atomic E-state index is 12.1. The lowest BCUT2D eigenvalue weighted by molar-refractivity contribution is -0.120. The van der Waals surface area contributed by atoms with Crippen LogP contribution in [0.5, 0.6) is 0 Å². The van der Waals surface area contributed by atoms with Gasteiger partial charge in [-0.25, -0.2) is 19.6 Å². The summed E-state index contributed by atoms with van der Waals surface area (Å²) >= 11 is 0. The number of aromatic nitrogens is 2. The Bertz CT molecular complexity index is 1120. The number of hydrogen-bond donors (Lipinski definition) is 3. The maximum Gasteiger partial charge on any atom is 0.407 e. The Labute approximate surface area is 183 Å². The second kappa shape index (κ2) is 9.25. The van der Waals surface area contributed by atoms with Gasteiger partial charge in [0.1, 0.15) is 19.0 Å². The minimum Gasteiger partial charge on any atom is -0.478 e. The second-order valence-corrected chi connectivity index (χ2v) is 7.15. The van der Waals surface area contributed by atoms with Crippen LogP contribution in [0.15, 0.2) is 60.9 Å². The van der Waals surface area contributed by atoms with E-state index < -0.39 is 18.0 Å². The van der Waals surface area contributed by atoms with Crippen molar-refractivity contribution in [1.29, 1.82) is 0 Å². The lowest BCUT2D eigenvalue weighted by Crippen LogP contribution is -2.37. The number of carbonyl (C=O) groups excluding carboxylic acids is 2. The molecule has 9 nitrogen and oxygen atoms in total. The van der Waals surface area contributed by atoms with Gasteiger partial charge >= 0.3 is 12.1 Å². The fourth-order valence-electron chi connectivity index (χ4n) is 3.60. The standard InChI is InChI=1S/C23H20N4O5/c28-21(26-11-20-24-9-14(10-25-20)22(29)30)12-27-23(31)32-13-19-17-7-3-1-5-15(17)16-6-2-4-8-18(16)19/h1-10,19H,11-13H2,(H,26,28)(H,27,31)(H,29,30). The molecule has 9 heteroatoms. The van der Waals surface area contributed by atoms with Crippen molar-refractivity contribution < 1.29 is 24.2 Å². The van der Waals surface area contributed by atoms with Crippen molar-refractivity contribution in [3.05, 3.63) is 83.4 Å². The fourth-order valence-corrected chi connectivity index (χ4v) is 3.60. The van der Waals surface area contributed by atoms with Gasteiger partial charge in [-0.05, 0) is 22.3 Å². The molecule has 4 rings (SSSR count). The van der Waals surface area contributed by atoms with E-state index in [9.17, 15) is 14.4 Å². The Hall–Kier alpha value is -4.27. The quantitative estimate of drug-likeness (QED) is 0.522. The summed E-state index contributed by atoms with van der Waals surface area (Å²) in [4.78, 5) is 42.6. The predicted molar refractivity (Wildman–Crippen MR) is 114 cm³/mol. The summed E-state index contributed by atoms with van der Waals surface area (Å²) in [5.74, 6) is -1.39. The van der Waals surface area contributed by atoms with Crippen LogP contribution in [0, 0.1) is 0 Å². The van der Waals surface area contributed by atoms with Crippen LogP contribution in [0.3, 0.4) is 0 Å². The van der Waals surface area contributed by atoms with Crippen LogP contribution in [0.1, 0.15) is 33.2 Å². The molecule has 0 saturated carbocycles. The molecule has 0 unspecified atom stereocenters. The topological polar surface area (TPSA) is 131 Å². The highest BCUT2D eigenvalue weighted by Gasteiger charge is 2.29. The number of fused-ring (bicyclic) bond motifs is 3. The fraction of sp³-hybridized carbons (Fsp3) is 0.174. The van der Waals surface area contributed by atoms with Crippen molar-refractivity contribution in [3.8, 4) is 11.1 Å². The van der Waals surface area contributed by atoms with Crippen LogP contribution in [-0.2, 0) is 16.1 Å². The van der Waals surface area contributed by atoms with Crippen molar-refractivity contribution in [1.82, 2.24) is 20.6 Å². The number of amides is 2. The molecule has 1 heterocycles. The molecule has 32 heavy (non-hydrogen) atoms. The zero-order chi connectivity index (χ0) is 22.5. The minimum absolute atomic E-state index is 0.00506. The molecular formula is C23H20N4O5. The molecule has 0 bridgehead atoms. The number of ether oxygens (including phenoxy) is 1. The molecule has 162 valence electrons. The molecule has 1 aromatic heterocycles. The second-order valence-electron chi connectivity index (χ2n) is 7.15. The van der Waals surface area contributed by atoms with E-state index in [0.717, 1.165) is 34.6 Å². The Balaban J connectivity index is 1.25. The van der Waals surface area contributed by atoms with E-state index in [-0.39, 0.29) is 37.0 Å². The number of nitrogens with one attached hydrogen (secondary N) is 2. The first-order chi connectivity index (χ1) is 15.5. The SMILES string of the molecule is O=C(CNC(=O)OCC1c2ccccc2-c2ccccc21)NCc1ncc(C(=O)O)cn1. The monoisotopic (exact) mass is 432 g/mol. The third kappa shape index (κ3) is 4.56. The number of hydrogen-bond acceptors (Lipinski definition) is 6. The molecule has 0 radical (unpaired) electrons. The van der Waals surface area contributed by atoms with Crippen LogP contribution in [0.25, 0.3) is 11.1 Å². The summed E-state index contributed by atoms with van der Waals surface area (Å²) in [7, 11) is 0. The van der Waals surface area contributed by atoms with E-state index in [2.05, 4.69) is 32.7 Å². The Kier molecular flexibility index (Phi) is 6.07. The van der Waals surface area contributed by atoms with Crippen LogP contribution in [-0.4, -0.2) is 46.2 Å². The summed E-state index contributed by atoms with van der Waals surface area (Å²) in [5.41, 5.74) is 4.43. The number of alkyl carbamates (subject to hydrolysis) is 1. The molecule has 3 aromatic rings. The summed E-state index contributed by atoms with van der Waals surface area (Å²) in [5, 5.41) is 13.8. The first kappa shape index (κ1) is 21.0. The average molecular weight is 432 g/mol. The number of benzene rings is 2. The normalized spacial score (nSPS) is 11.9. The number of carboxylic acid groups (broad SMARTS) is 1. The van der Waals surface area contributed by atoms with Gasteiger partial charge in [0.05, 0.1) is 12.1 Å². The third-order valence-electron chi connectivity index (χ3n) is 5.13. The Morgan fingerprint density at radius 2 is 1.50 bits per heavy atom. The van der Waals surface area contributed by atoms with Gasteiger partial charge < -0.3 is 20.5 Å². The molecule has 2 amide bonds. The van der Waals surface area contributed by atoms with Gasteiger partial charge in [0.25, 0.3) is 0 Å². The third-order valence-corrected chi connectivity index (χ3v) is 5.13. The summed E-state index contributed by atoms with van der Waals surface area (Å²) in [6.45, 7) is -0.111. The highest BCUT2D eigenvalue weighted by Crippen LogP contribution is 2.44. The molecule has 3 N–H and O–H groups in total. The van der Waals surface area contributed by atoms with Crippen molar-refractivity contribution in [2.75, 3.05) is 13.2 Å². The van der Waals surface area contributed by atoms with Gasteiger partial charge in [0, 0.05) is 18.3 Å². The van der Waals surface area contributed by atoms with E-state index in [1.54, 1.807) is 0 Å². The number of nitrogens with zero attached hydrogens (tertiary/aromatic N) is 2. The first-order valence-electron chi connectivity index (χ1n) is 9.92. The summed E-state index contributed by atoms with van der Waals surface area (Å²) < 4.78 is 5.38. The van der Waals surface area contributed by atoms with E-state index in [0.29, 0.717) is 0 Å². The molecule has 0 spiro atoms. The molecule has 0 fully saturated rings. The van der Waals surface area contributed by atoms with E-state index in [1.165, 1.54) is 0 Å². The molecule has 1 aliphatic rings. The van der Waals surface area contributed by atoms with Gasteiger partial charge in [-0.15, -0.1) is 0 Å². The molecule has 2 aromatic carbocycles. The van der Waals surface area contributed by atoms with E-state index >= 15 is 0 Å². The van der Waals surface area contributed by atoms with Crippen LogP contribution >= 0.6 is 0 Å². The summed E-state index contributed by atoms with van der Waals surface area (Å²) in [6.07, 6.45) is 1.63. The molecule has 0 atom stereocenters. The number of rotatable bonds is 7. The van der Waals surface area contributed by atoms with Gasteiger partial charge in [-0.1, -0.05) is 48.5 Å². The predicted octanol–water partition coefficient (Wildman–Crippen LogP) is 2.33. The highest BCUT2D eigenvalue weighted by molar-refractivity contribution is 5.86. The lowest BCUT2D eigenvalue weighted by Gasteiger charge is -2.14. The largest absolute Gasteiger partial charge is 0.478 e. The van der Waals surface area contributed by atoms with Crippen molar-refractivity contribution >= 4 is 18.0 Å². The zero-order valence-electron chi connectivity index (χ0n) is 16.9. The number of aromatic carboxylic acids is 1. The molecule has 1 aliphatic carbocycles. The first-order valence-corrected chi connectivity index (χ1v) is 9.92. The van der Waals surface area contributed by atoms with Crippen molar-refractivity contribution in [2.24, 2.45) is 0 Å².